The molecule has 0 spiro atoms. The number of rotatable bonds is 9. The van der Waals surface area contributed by atoms with Crippen LogP contribution in [0, 0.1) is 0 Å². The van der Waals surface area contributed by atoms with E-state index >= 15 is 0 Å². The van der Waals surface area contributed by atoms with Crippen molar-refractivity contribution in [2.24, 2.45) is 0 Å². The molecule has 0 bridgehead atoms. The largest absolute Gasteiger partial charge is 0.508 e. The molecule has 0 aliphatic rings. The van der Waals surface area contributed by atoms with Crippen LogP contribution in [-0.2, 0) is 16.0 Å². The van der Waals surface area contributed by atoms with Crippen LogP contribution in [0.4, 0.5) is 0 Å². The van der Waals surface area contributed by atoms with Gasteiger partial charge in [0.1, 0.15) is 11.9 Å². The van der Waals surface area contributed by atoms with Crippen molar-refractivity contribution in [2.75, 3.05) is 0 Å². The van der Waals surface area contributed by atoms with Crippen molar-refractivity contribution in [3.05, 3.63) is 42.0 Å². The number of unbranched alkanes of at least 4 members (excludes halogenated alkanes) is 3. The molecule has 1 aromatic rings. The Morgan fingerprint density at radius 1 is 1.29 bits per heavy atom. The Hall–Kier alpha value is -1.77. The Labute approximate surface area is 127 Å². The zero-order valence-electron chi connectivity index (χ0n) is 13.0. The SMILES string of the molecule is CCCCCC=C[C@H](CCc1ccc(O)cc1)OC(C)=O. The first-order valence-corrected chi connectivity index (χ1v) is 7.73. The minimum absolute atomic E-state index is 0.169. The molecule has 1 N–H and O–H groups in total. The monoisotopic (exact) mass is 290 g/mol. The lowest BCUT2D eigenvalue weighted by Gasteiger charge is -2.13. The third-order valence-corrected chi connectivity index (χ3v) is 3.30. The molecule has 21 heavy (non-hydrogen) atoms. The number of phenolic OH excluding ortho intramolecular Hbond substituents is 1. The van der Waals surface area contributed by atoms with E-state index in [1.54, 1.807) is 12.1 Å². The fourth-order valence-electron chi connectivity index (χ4n) is 2.14. The van der Waals surface area contributed by atoms with E-state index in [-0.39, 0.29) is 17.8 Å². The molecule has 0 amide bonds. The van der Waals surface area contributed by atoms with Gasteiger partial charge in [0.2, 0.25) is 0 Å². The molecular formula is C18H26O3. The smallest absolute Gasteiger partial charge is 0.303 e. The highest BCUT2D eigenvalue weighted by molar-refractivity contribution is 5.66. The first-order valence-electron chi connectivity index (χ1n) is 7.73. The summed E-state index contributed by atoms with van der Waals surface area (Å²) < 4.78 is 5.33. The summed E-state index contributed by atoms with van der Waals surface area (Å²) in [6.07, 6.45) is 10.2. The summed E-state index contributed by atoms with van der Waals surface area (Å²) >= 11 is 0. The first-order chi connectivity index (χ1) is 10.1. The molecule has 0 aliphatic heterocycles. The number of aryl methyl sites for hydroxylation is 1. The minimum atomic E-state index is -0.246. The lowest BCUT2D eigenvalue weighted by atomic mass is 10.1. The highest BCUT2D eigenvalue weighted by Crippen LogP contribution is 2.14. The van der Waals surface area contributed by atoms with E-state index in [4.69, 9.17) is 4.74 Å². The topological polar surface area (TPSA) is 46.5 Å². The van der Waals surface area contributed by atoms with Crippen molar-refractivity contribution >= 4 is 5.97 Å². The van der Waals surface area contributed by atoms with Crippen LogP contribution in [0.3, 0.4) is 0 Å². The average molecular weight is 290 g/mol. The van der Waals surface area contributed by atoms with Crippen LogP contribution in [0.1, 0.15) is 51.5 Å². The second kappa shape index (κ2) is 10.0. The van der Waals surface area contributed by atoms with Crippen LogP contribution < -0.4 is 0 Å². The minimum Gasteiger partial charge on any atom is -0.508 e. The van der Waals surface area contributed by atoms with E-state index in [0.29, 0.717) is 0 Å². The van der Waals surface area contributed by atoms with Gasteiger partial charge >= 0.3 is 5.97 Å². The third-order valence-electron chi connectivity index (χ3n) is 3.30. The lowest BCUT2D eigenvalue weighted by molar-refractivity contribution is -0.144. The number of hydrogen-bond donors (Lipinski definition) is 1. The highest BCUT2D eigenvalue weighted by atomic mass is 16.5. The normalized spacial score (nSPS) is 12.5. The fourth-order valence-corrected chi connectivity index (χ4v) is 2.14. The lowest BCUT2D eigenvalue weighted by Crippen LogP contribution is -2.14. The van der Waals surface area contributed by atoms with Crippen molar-refractivity contribution in [1.29, 1.82) is 0 Å². The van der Waals surface area contributed by atoms with Crippen molar-refractivity contribution in [2.45, 2.75) is 58.5 Å². The number of hydrogen-bond acceptors (Lipinski definition) is 3. The molecule has 0 aliphatic carbocycles. The summed E-state index contributed by atoms with van der Waals surface area (Å²) in [6, 6.07) is 7.14. The summed E-state index contributed by atoms with van der Waals surface area (Å²) in [4.78, 5) is 11.2. The quantitative estimate of drug-likeness (QED) is 0.417. The Morgan fingerprint density at radius 3 is 2.62 bits per heavy atom. The van der Waals surface area contributed by atoms with Crippen LogP contribution in [0.2, 0.25) is 0 Å². The van der Waals surface area contributed by atoms with Crippen LogP contribution in [-0.4, -0.2) is 17.2 Å². The van der Waals surface area contributed by atoms with E-state index in [0.717, 1.165) is 24.8 Å². The van der Waals surface area contributed by atoms with Gasteiger partial charge in [-0.2, -0.15) is 0 Å². The maximum atomic E-state index is 11.2. The van der Waals surface area contributed by atoms with Crippen molar-refractivity contribution in [1.82, 2.24) is 0 Å². The molecule has 0 heterocycles. The number of carbonyl (C=O) groups excluding carboxylic acids is 1. The van der Waals surface area contributed by atoms with E-state index in [9.17, 15) is 9.90 Å². The molecule has 1 atom stereocenters. The number of benzene rings is 1. The van der Waals surface area contributed by atoms with Crippen LogP contribution in [0.5, 0.6) is 5.75 Å². The molecule has 0 unspecified atom stereocenters. The predicted molar refractivity (Wildman–Crippen MR) is 85.3 cm³/mol. The van der Waals surface area contributed by atoms with Gasteiger partial charge < -0.3 is 9.84 Å². The Kier molecular flexibility index (Phi) is 8.25. The third kappa shape index (κ3) is 8.18. The molecule has 0 aromatic heterocycles. The molecule has 3 nitrogen and oxygen atoms in total. The molecule has 0 fully saturated rings. The Morgan fingerprint density at radius 2 is 2.00 bits per heavy atom. The molecule has 3 heteroatoms. The van der Waals surface area contributed by atoms with Gasteiger partial charge in [0.15, 0.2) is 0 Å². The molecule has 116 valence electrons. The van der Waals surface area contributed by atoms with Crippen molar-refractivity contribution < 1.29 is 14.6 Å². The molecule has 0 radical (unpaired) electrons. The van der Waals surface area contributed by atoms with Gasteiger partial charge in [-0.25, -0.2) is 0 Å². The number of aromatic hydroxyl groups is 1. The Bertz CT molecular complexity index is 434. The number of phenols is 1. The van der Waals surface area contributed by atoms with E-state index in [1.165, 1.54) is 26.2 Å². The van der Waals surface area contributed by atoms with Crippen LogP contribution in [0.25, 0.3) is 0 Å². The average Bonchev–Trinajstić information content (AvgIpc) is 2.45. The Balaban J connectivity index is 2.45. The van der Waals surface area contributed by atoms with Gasteiger partial charge in [-0.05, 0) is 49.5 Å². The van der Waals surface area contributed by atoms with Gasteiger partial charge in [-0.3, -0.25) is 4.79 Å². The van der Waals surface area contributed by atoms with Gasteiger partial charge in [0.25, 0.3) is 0 Å². The van der Waals surface area contributed by atoms with Gasteiger partial charge in [0, 0.05) is 6.92 Å². The number of esters is 1. The standard InChI is InChI=1S/C18H26O3/c1-3-4-5-6-7-8-18(21-15(2)19)14-11-16-9-12-17(20)13-10-16/h7-10,12-13,18,20H,3-6,11,14H2,1-2H3/t18-/m1/s1. The maximum Gasteiger partial charge on any atom is 0.303 e. The summed E-state index contributed by atoms with van der Waals surface area (Å²) in [6.45, 7) is 3.63. The zero-order valence-corrected chi connectivity index (χ0v) is 13.0. The molecular weight excluding hydrogens is 264 g/mol. The second-order valence-electron chi connectivity index (χ2n) is 5.28. The number of ether oxygens (including phenoxy) is 1. The van der Waals surface area contributed by atoms with Gasteiger partial charge in [0.05, 0.1) is 0 Å². The summed E-state index contributed by atoms with van der Waals surface area (Å²) in [7, 11) is 0. The van der Waals surface area contributed by atoms with Crippen LogP contribution in [0.15, 0.2) is 36.4 Å². The number of allylic oxidation sites excluding steroid dienone is 1. The van der Waals surface area contributed by atoms with Crippen molar-refractivity contribution in [3.8, 4) is 5.75 Å². The summed E-state index contributed by atoms with van der Waals surface area (Å²) in [5.41, 5.74) is 1.13. The molecule has 1 rings (SSSR count). The van der Waals surface area contributed by atoms with Gasteiger partial charge in [-0.1, -0.05) is 38.0 Å². The maximum absolute atomic E-state index is 11.2. The van der Waals surface area contributed by atoms with E-state index in [1.807, 2.05) is 18.2 Å². The van der Waals surface area contributed by atoms with Gasteiger partial charge in [-0.15, -0.1) is 0 Å². The summed E-state index contributed by atoms with van der Waals surface area (Å²) in [5, 5.41) is 9.26. The van der Waals surface area contributed by atoms with E-state index in [2.05, 4.69) is 13.0 Å². The number of carbonyl (C=O) groups is 1. The van der Waals surface area contributed by atoms with E-state index < -0.39 is 0 Å². The molecule has 0 saturated carbocycles. The summed E-state index contributed by atoms with van der Waals surface area (Å²) in [5.74, 6) is 0.0232. The highest BCUT2D eigenvalue weighted by Gasteiger charge is 2.08. The first kappa shape index (κ1) is 17.3. The van der Waals surface area contributed by atoms with Crippen molar-refractivity contribution in [3.63, 3.8) is 0 Å². The predicted octanol–water partition coefficient (Wildman–Crippen LogP) is 4.39. The molecule has 1 aromatic carbocycles. The van der Waals surface area contributed by atoms with Crippen LogP contribution >= 0.6 is 0 Å². The second-order valence-corrected chi connectivity index (χ2v) is 5.28. The molecule has 0 saturated heterocycles. The zero-order chi connectivity index (χ0) is 15.5. The fraction of sp³-hybridized carbons (Fsp3) is 0.500.